The lowest BCUT2D eigenvalue weighted by Gasteiger charge is -2.21. The Balaban J connectivity index is 2.33. The molecule has 0 radical (unpaired) electrons. The zero-order valence-corrected chi connectivity index (χ0v) is 15.2. The second-order valence-corrected chi connectivity index (χ2v) is 8.60. The summed E-state index contributed by atoms with van der Waals surface area (Å²) in [6.07, 6.45) is 0. The van der Waals surface area contributed by atoms with Crippen LogP contribution in [0.2, 0.25) is 0 Å². The van der Waals surface area contributed by atoms with E-state index in [4.69, 9.17) is 0 Å². The average molecular weight is 352 g/mol. The highest BCUT2D eigenvalue weighted by Crippen LogP contribution is 2.34. The minimum absolute atomic E-state index is 0.205. The fourth-order valence-electron chi connectivity index (χ4n) is 2.27. The van der Waals surface area contributed by atoms with Crippen LogP contribution in [0.4, 0.5) is 0 Å². The Hall–Kier alpha value is -0.640. The molecule has 0 bridgehead atoms. The van der Waals surface area contributed by atoms with Gasteiger partial charge in [0.15, 0.2) is 0 Å². The molecule has 0 saturated heterocycles. The first-order chi connectivity index (χ1) is 9.32. The van der Waals surface area contributed by atoms with Crippen LogP contribution in [0.15, 0.2) is 34.1 Å². The van der Waals surface area contributed by atoms with Gasteiger partial charge in [0.25, 0.3) is 0 Å². The predicted molar refractivity (Wildman–Crippen MR) is 92.8 cm³/mol. The largest absolute Gasteiger partial charge is 0.309 e. The molecule has 0 saturated carbocycles. The van der Waals surface area contributed by atoms with E-state index in [-0.39, 0.29) is 11.5 Å². The third kappa shape index (κ3) is 3.33. The van der Waals surface area contributed by atoms with Crippen molar-refractivity contribution >= 4 is 27.3 Å². The van der Waals surface area contributed by atoms with Gasteiger partial charge in [-0.05, 0) is 58.1 Å². The van der Waals surface area contributed by atoms with E-state index in [9.17, 15) is 0 Å². The molecule has 0 spiro atoms. The second-order valence-electron chi connectivity index (χ2n) is 6.20. The van der Waals surface area contributed by atoms with Gasteiger partial charge in [-0.25, -0.2) is 0 Å². The maximum atomic E-state index is 3.61. The van der Waals surface area contributed by atoms with Crippen molar-refractivity contribution in [3.8, 4) is 0 Å². The SMILES string of the molecule is CNC(c1ccc(C(C)(C)C)cc1)c1cc(C)c(Br)s1. The first-order valence-corrected chi connectivity index (χ1v) is 8.47. The Morgan fingerprint density at radius 2 is 1.75 bits per heavy atom. The highest BCUT2D eigenvalue weighted by molar-refractivity contribution is 9.11. The third-order valence-electron chi connectivity index (χ3n) is 3.56. The normalized spacial score (nSPS) is 13.5. The van der Waals surface area contributed by atoms with Gasteiger partial charge in [0.1, 0.15) is 0 Å². The lowest BCUT2D eigenvalue weighted by molar-refractivity contribution is 0.589. The van der Waals surface area contributed by atoms with Crippen LogP contribution < -0.4 is 5.32 Å². The average Bonchev–Trinajstić information content (AvgIpc) is 2.70. The predicted octanol–water partition coefficient (Wildman–Crippen LogP) is 5.43. The summed E-state index contributed by atoms with van der Waals surface area (Å²) in [5, 5.41) is 3.42. The van der Waals surface area contributed by atoms with Gasteiger partial charge in [0.05, 0.1) is 9.83 Å². The number of thiophene rings is 1. The van der Waals surface area contributed by atoms with Gasteiger partial charge >= 0.3 is 0 Å². The summed E-state index contributed by atoms with van der Waals surface area (Å²) >= 11 is 5.42. The Morgan fingerprint density at radius 1 is 1.15 bits per heavy atom. The molecule has 0 aliphatic rings. The lowest BCUT2D eigenvalue weighted by atomic mass is 9.86. The molecular formula is C17H22BrNS. The summed E-state index contributed by atoms with van der Waals surface area (Å²) in [6, 6.07) is 11.5. The molecule has 0 aliphatic carbocycles. The summed E-state index contributed by atoms with van der Waals surface area (Å²) in [6.45, 7) is 8.88. The first kappa shape index (κ1) is 15.7. The molecule has 1 aromatic carbocycles. The van der Waals surface area contributed by atoms with Crippen molar-refractivity contribution in [1.29, 1.82) is 0 Å². The lowest BCUT2D eigenvalue weighted by Crippen LogP contribution is -2.17. The Labute approximate surface area is 134 Å². The number of nitrogens with one attached hydrogen (secondary N) is 1. The van der Waals surface area contributed by atoms with Gasteiger partial charge in [-0.2, -0.15) is 0 Å². The van der Waals surface area contributed by atoms with Crippen LogP contribution in [0.25, 0.3) is 0 Å². The monoisotopic (exact) mass is 351 g/mol. The molecule has 0 fully saturated rings. The van der Waals surface area contributed by atoms with Crippen LogP contribution in [0, 0.1) is 6.92 Å². The van der Waals surface area contributed by atoms with Crippen molar-refractivity contribution < 1.29 is 0 Å². The molecular weight excluding hydrogens is 330 g/mol. The fraction of sp³-hybridized carbons (Fsp3) is 0.412. The number of aryl methyl sites for hydroxylation is 1. The van der Waals surface area contributed by atoms with Crippen LogP contribution in [0.3, 0.4) is 0 Å². The molecule has 1 atom stereocenters. The van der Waals surface area contributed by atoms with Crippen molar-refractivity contribution in [2.24, 2.45) is 0 Å². The van der Waals surface area contributed by atoms with Crippen LogP contribution in [0.5, 0.6) is 0 Å². The fourth-order valence-corrected chi connectivity index (χ4v) is 3.98. The Morgan fingerprint density at radius 3 is 2.15 bits per heavy atom. The number of halogens is 1. The van der Waals surface area contributed by atoms with E-state index >= 15 is 0 Å². The van der Waals surface area contributed by atoms with Crippen molar-refractivity contribution in [1.82, 2.24) is 5.32 Å². The third-order valence-corrected chi connectivity index (χ3v) is 5.76. The van der Waals surface area contributed by atoms with Gasteiger partial charge in [0.2, 0.25) is 0 Å². The van der Waals surface area contributed by atoms with Crippen LogP contribution in [-0.2, 0) is 5.41 Å². The molecule has 1 aromatic heterocycles. The molecule has 1 heterocycles. The molecule has 108 valence electrons. The van der Waals surface area contributed by atoms with Gasteiger partial charge in [0, 0.05) is 4.88 Å². The summed E-state index contributed by atoms with van der Waals surface area (Å²) in [5.74, 6) is 0. The summed E-state index contributed by atoms with van der Waals surface area (Å²) in [7, 11) is 2.02. The minimum atomic E-state index is 0.205. The first-order valence-electron chi connectivity index (χ1n) is 6.86. The number of hydrogen-bond acceptors (Lipinski definition) is 2. The van der Waals surface area contributed by atoms with E-state index in [0.717, 1.165) is 0 Å². The van der Waals surface area contributed by atoms with E-state index in [2.05, 4.69) is 79.3 Å². The van der Waals surface area contributed by atoms with Crippen molar-refractivity contribution in [2.75, 3.05) is 7.05 Å². The number of benzene rings is 1. The van der Waals surface area contributed by atoms with E-state index in [1.165, 1.54) is 25.4 Å². The molecule has 2 aromatic rings. The highest BCUT2D eigenvalue weighted by Gasteiger charge is 2.18. The molecule has 1 N–H and O–H groups in total. The maximum Gasteiger partial charge on any atom is 0.0731 e. The van der Waals surface area contributed by atoms with E-state index < -0.39 is 0 Å². The Kier molecular flexibility index (Phi) is 4.73. The van der Waals surface area contributed by atoms with E-state index in [1.807, 2.05) is 7.05 Å². The van der Waals surface area contributed by atoms with E-state index in [1.54, 1.807) is 11.3 Å². The van der Waals surface area contributed by atoms with Gasteiger partial charge in [-0.15, -0.1) is 11.3 Å². The number of rotatable bonds is 3. The van der Waals surface area contributed by atoms with Crippen LogP contribution in [-0.4, -0.2) is 7.05 Å². The van der Waals surface area contributed by atoms with Crippen molar-refractivity contribution in [3.05, 3.63) is 55.7 Å². The maximum absolute atomic E-state index is 3.61. The van der Waals surface area contributed by atoms with Gasteiger partial charge in [-0.1, -0.05) is 45.0 Å². The molecule has 0 aliphatic heterocycles. The standard InChI is InChI=1S/C17H22BrNS/c1-11-10-14(20-16(11)18)15(19-5)12-6-8-13(9-7-12)17(2,3)4/h6-10,15,19H,1-5H3. The zero-order valence-electron chi connectivity index (χ0n) is 12.8. The van der Waals surface area contributed by atoms with Crippen LogP contribution in [0.1, 0.15) is 48.4 Å². The van der Waals surface area contributed by atoms with Gasteiger partial charge in [-0.3, -0.25) is 0 Å². The zero-order chi connectivity index (χ0) is 14.9. The number of hydrogen-bond donors (Lipinski definition) is 1. The van der Waals surface area contributed by atoms with Crippen molar-refractivity contribution in [3.63, 3.8) is 0 Å². The summed E-state index contributed by atoms with van der Waals surface area (Å²) in [5.41, 5.74) is 4.20. The smallest absolute Gasteiger partial charge is 0.0731 e. The molecule has 1 unspecified atom stereocenters. The molecule has 0 amide bonds. The molecule has 20 heavy (non-hydrogen) atoms. The Bertz CT molecular complexity index is 559. The van der Waals surface area contributed by atoms with E-state index in [0.29, 0.717) is 0 Å². The van der Waals surface area contributed by atoms with Crippen molar-refractivity contribution in [2.45, 2.75) is 39.2 Å². The van der Waals surface area contributed by atoms with Gasteiger partial charge < -0.3 is 5.32 Å². The quantitative estimate of drug-likeness (QED) is 0.777. The summed E-state index contributed by atoms with van der Waals surface area (Å²) in [4.78, 5) is 1.35. The minimum Gasteiger partial charge on any atom is -0.309 e. The highest BCUT2D eigenvalue weighted by atomic mass is 79.9. The molecule has 1 nitrogen and oxygen atoms in total. The second kappa shape index (κ2) is 6.00. The topological polar surface area (TPSA) is 12.0 Å². The van der Waals surface area contributed by atoms with Crippen LogP contribution >= 0.6 is 27.3 Å². The summed E-state index contributed by atoms with van der Waals surface area (Å²) < 4.78 is 1.22. The molecule has 3 heteroatoms. The molecule has 2 rings (SSSR count).